The molecule has 0 radical (unpaired) electrons. The van der Waals surface area contributed by atoms with Crippen LogP contribution in [0.3, 0.4) is 0 Å². The van der Waals surface area contributed by atoms with Crippen molar-refractivity contribution in [2.75, 3.05) is 19.6 Å². The van der Waals surface area contributed by atoms with Crippen LogP contribution in [0.2, 0.25) is 0 Å². The fourth-order valence-electron chi connectivity index (χ4n) is 1.76. The number of nitrogens with zero attached hydrogens (tertiary/aromatic N) is 1. The number of hydrogen-bond donors (Lipinski definition) is 2. The Hall–Kier alpha value is -0.260. The molecule has 1 rings (SSSR count). The molecule has 1 heterocycles. The summed E-state index contributed by atoms with van der Waals surface area (Å²) in [6.07, 6.45) is 0.401. The van der Waals surface area contributed by atoms with Crippen LogP contribution in [-0.2, 0) is 0 Å². The molecule has 3 nitrogen and oxygen atoms in total. The summed E-state index contributed by atoms with van der Waals surface area (Å²) in [5, 5.41) is 4.62. The van der Waals surface area contributed by atoms with Crippen LogP contribution in [0.25, 0.3) is 0 Å². The van der Waals surface area contributed by atoms with Gasteiger partial charge in [-0.25, -0.2) is 13.8 Å². The average molecular weight is 221 g/mol. The minimum absolute atomic E-state index is 0.0517. The van der Waals surface area contributed by atoms with Gasteiger partial charge in [-0.3, -0.25) is 5.84 Å². The molecule has 1 fully saturated rings. The Bertz CT molecular complexity index is 197. The molecule has 90 valence electrons. The SMILES string of the molecule is CC(C)N(N)CCC1CNCCC1(F)F. The van der Waals surface area contributed by atoms with Gasteiger partial charge < -0.3 is 5.32 Å². The molecule has 0 amide bonds. The summed E-state index contributed by atoms with van der Waals surface area (Å²) in [5.41, 5.74) is 0. The van der Waals surface area contributed by atoms with Crippen molar-refractivity contribution in [2.45, 2.75) is 38.7 Å². The molecule has 0 bridgehead atoms. The van der Waals surface area contributed by atoms with Crippen LogP contribution < -0.4 is 11.2 Å². The van der Waals surface area contributed by atoms with Gasteiger partial charge >= 0.3 is 0 Å². The van der Waals surface area contributed by atoms with E-state index in [2.05, 4.69) is 5.32 Å². The highest BCUT2D eigenvalue weighted by Gasteiger charge is 2.40. The zero-order chi connectivity index (χ0) is 11.5. The third-order valence-electron chi connectivity index (χ3n) is 3.02. The maximum Gasteiger partial charge on any atom is 0.253 e. The van der Waals surface area contributed by atoms with Crippen molar-refractivity contribution < 1.29 is 8.78 Å². The van der Waals surface area contributed by atoms with Crippen LogP contribution in [0.1, 0.15) is 26.7 Å². The number of nitrogens with two attached hydrogens (primary N) is 1. The minimum atomic E-state index is -2.52. The summed E-state index contributed by atoms with van der Waals surface area (Å²) in [7, 11) is 0. The van der Waals surface area contributed by atoms with Crippen LogP contribution >= 0.6 is 0 Å². The fourth-order valence-corrected chi connectivity index (χ4v) is 1.76. The van der Waals surface area contributed by atoms with Crippen LogP contribution in [0.15, 0.2) is 0 Å². The largest absolute Gasteiger partial charge is 0.316 e. The lowest BCUT2D eigenvalue weighted by Gasteiger charge is -2.33. The Labute approximate surface area is 90.0 Å². The summed E-state index contributed by atoms with van der Waals surface area (Å²) >= 11 is 0. The fraction of sp³-hybridized carbons (Fsp3) is 1.00. The van der Waals surface area contributed by atoms with E-state index >= 15 is 0 Å². The molecule has 0 aliphatic carbocycles. The van der Waals surface area contributed by atoms with Crippen LogP contribution in [0.5, 0.6) is 0 Å². The molecular formula is C10H21F2N3. The van der Waals surface area contributed by atoms with Crippen molar-refractivity contribution in [3.8, 4) is 0 Å². The van der Waals surface area contributed by atoms with Gasteiger partial charge in [-0.05, 0) is 20.3 Å². The standard InChI is InChI=1S/C10H21F2N3/c1-8(2)15(13)6-3-9-7-14-5-4-10(9,11)12/h8-9,14H,3-7,13H2,1-2H3. The Morgan fingerprint density at radius 1 is 1.53 bits per heavy atom. The second-order valence-electron chi connectivity index (χ2n) is 4.53. The Kier molecular flexibility index (Phi) is 4.43. The van der Waals surface area contributed by atoms with E-state index in [1.165, 1.54) is 0 Å². The van der Waals surface area contributed by atoms with Gasteiger partial charge in [0.1, 0.15) is 0 Å². The number of alkyl halides is 2. The highest BCUT2D eigenvalue weighted by atomic mass is 19.3. The first-order valence-corrected chi connectivity index (χ1v) is 5.53. The lowest BCUT2D eigenvalue weighted by atomic mass is 9.92. The summed E-state index contributed by atoms with van der Waals surface area (Å²) in [5.74, 6) is 2.59. The minimum Gasteiger partial charge on any atom is -0.316 e. The normalized spacial score (nSPS) is 26.2. The summed E-state index contributed by atoms with van der Waals surface area (Å²) < 4.78 is 26.8. The molecular weight excluding hydrogens is 200 g/mol. The first-order valence-electron chi connectivity index (χ1n) is 5.53. The van der Waals surface area contributed by atoms with Crippen molar-refractivity contribution in [2.24, 2.45) is 11.8 Å². The monoisotopic (exact) mass is 221 g/mol. The van der Waals surface area contributed by atoms with Gasteiger partial charge in [0.15, 0.2) is 0 Å². The van der Waals surface area contributed by atoms with Gasteiger partial charge in [0.2, 0.25) is 0 Å². The Balaban J connectivity index is 2.36. The molecule has 1 aliphatic rings. The number of piperidine rings is 1. The van der Waals surface area contributed by atoms with Crippen LogP contribution in [0.4, 0.5) is 8.78 Å². The third kappa shape index (κ3) is 3.66. The number of nitrogens with one attached hydrogen (secondary N) is 1. The number of hydrogen-bond acceptors (Lipinski definition) is 3. The van der Waals surface area contributed by atoms with E-state index in [0.29, 0.717) is 26.1 Å². The van der Waals surface area contributed by atoms with Crippen LogP contribution in [0, 0.1) is 5.92 Å². The van der Waals surface area contributed by atoms with Gasteiger partial charge in [-0.15, -0.1) is 0 Å². The van der Waals surface area contributed by atoms with Gasteiger partial charge in [-0.2, -0.15) is 0 Å². The molecule has 0 saturated carbocycles. The molecule has 0 aromatic carbocycles. The topological polar surface area (TPSA) is 41.3 Å². The Morgan fingerprint density at radius 3 is 2.73 bits per heavy atom. The van der Waals surface area contributed by atoms with Crippen molar-refractivity contribution in [3.05, 3.63) is 0 Å². The molecule has 15 heavy (non-hydrogen) atoms. The predicted octanol–water partition coefficient (Wildman–Crippen LogP) is 1.21. The highest BCUT2D eigenvalue weighted by molar-refractivity contribution is 4.84. The molecule has 5 heteroatoms. The molecule has 0 aromatic heterocycles. The maximum absolute atomic E-state index is 13.4. The molecule has 1 aliphatic heterocycles. The van der Waals surface area contributed by atoms with E-state index in [-0.39, 0.29) is 12.5 Å². The van der Waals surface area contributed by atoms with E-state index < -0.39 is 11.8 Å². The van der Waals surface area contributed by atoms with Crippen molar-refractivity contribution in [1.29, 1.82) is 0 Å². The molecule has 3 N–H and O–H groups in total. The molecule has 0 aromatic rings. The van der Waals surface area contributed by atoms with E-state index in [1.54, 1.807) is 5.01 Å². The lowest BCUT2D eigenvalue weighted by molar-refractivity contribution is -0.0832. The van der Waals surface area contributed by atoms with E-state index in [1.807, 2.05) is 13.8 Å². The first-order chi connectivity index (χ1) is 6.93. The lowest BCUT2D eigenvalue weighted by Crippen LogP contribution is -2.47. The van der Waals surface area contributed by atoms with E-state index in [9.17, 15) is 8.78 Å². The second-order valence-corrected chi connectivity index (χ2v) is 4.53. The zero-order valence-corrected chi connectivity index (χ0v) is 9.47. The van der Waals surface area contributed by atoms with E-state index in [4.69, 9.17) is 5.84 Å². The van der Waals surface area contributed by atoms with Crippen molar-refractivity contribution in [1.82, 2.24) is 10.3 Å². The van der Waals surface area contributed by atoms with E-state index in [0.717, 1.165) is 0 Å². The number of halogens is 2. The quantitative estimate of drug-likeness (QED) is 0.554. The van der Waals surface area contributed by atoms with Crippen molar-refractivity contribution >= 4 is 0 Å². The maximum atomic E-state index is 13.4. The predicted molar refractivity (Wildman–Crippen MR) is 56.6 cm³/mol. The summed E-state index contributed by atoms with van der Waals surface area (Å²) in [6, 6.07) is 0.204. The van der Waals surface area contributed by atoms with Gasteiger partial charge in [-0.1, -0.05) is 0 Å². The molecule has 0 spiro atoms. The van der Waals surface area contributed by atoms with Gasteiger partial charge in [0.25, 0.3) is 5.92 Å². The molecule has 1 unspecified atom stereocenters. The average Bonchev–Trinajstić information content (AvgIpc) is 2.14. The number of rotatable bonds is 4. The summed E-state index contributed by atoms with van der Waals surface area (Å²) in [6.45, 7) is 5.26. The van der Waals surface area contributed by atoms with Gasteiger partial charge in [0.05, 0.1) is 0 Å². The highest BCUT2D eigenvalue weighted by Crippen LogP contribution is 2.32. The third-order valence-corrected chi connectivity index (χ3v) is 3.02. The number of hydrazine groups is 1. The molecule has 1 saturated heterocycles. The first kappa shape index (κ1) is 12.8. The Morgan fingerprint density at radius 2 is 2.20 bits per heavy atom. The smallest absolute Gasteiger partial charge is 0.253 e. The summed E-state index contributed by atoms with van der Waals surface area (Å²) in [4.78, 5) is 0. The molecule has 1 atom stereocenters. The zero-order valence-electron chi connectivity index (χ0n) is 9.47. The van der Waals surface area contributed by atoms with Crippen LogP contribution in [-0.4, -0.2) is 36.6 Å². The second kappa shape index (κ2) is 5.18. The van der Waals surface area contributed by atoms with Crippen molar-refractivity contribution in [3.63, 3.8) is 0 Å². The van der Waals surface area contributed by atoms with Gasteiger partial charge in [0, 0.05) is 38.0 Å².